The highest BCUT2D eigenvalue weighted by Gasteiger charge is 2.21. The Morgan fingerprint density at radius 3 is 2.57 bits per heavy atom. The average Bonchev–Trinajstić information content (AvgIpc) is 2.47. The summed E-state index contributed by atoms with van der Waals surface area (Å²) in [6.45, 7) is 0. The van der Waals surface area contributed by atoms with Crippen LogP contribution >= 0.6 is 0 Å². The van der Waals surface area contributed by atoms with Crippen molar-refractivity contribution in [2.45, 2.75) is 12.5 Å². The second kappa shape index (κ2) is 6.60. The molecule has 5 nitrogen and oxygen atoms in total. The summed E-state index contributed by atoms with van der Waals surface area (Å²) in [6.07, 6.45) is 1.30. The van der Waals surface area contributed by atoms with Crippen LogP contribution in [0.1, 0.15) is 15.9 Å². The SMILES string of the molecule is O=C(NC(Cc1ccccc1)C(=O)O)c1ccnc(F)c1. The van der Waals surface area contributed by atoms with Crippen molar-refractivity contribution in [2.75, 3.05) is 0 Å². The van der Waals surface area contributed by atoms with Gasteiger partial charge < -0.3 is 10.4 Å². The number of nitrogens with zero attached hydrogens (tertiary/aromatic N) is 1. The van der Waals surface area contributed by atoms with Crippen LogP contribution < -0.4 is 5.32 Å². The highest BCUT2D eigenvalue weighted by atomic mass is 19.1. The lowest BCUT2D eigenvalue weighted by Crippen LogP contribution is -2.42. The van der Waals surface area contributed by atoms with E-state index in [1.165, 1.54) is 6.07 Å². The van der Waals surface area contributed by atoms with E-state index in [1.807, 2.05) is 6.07 Å². The second-order valence-electron chi connectivity index (χ2n) is 4.42. The molecular weight excluding hydrogens is 275 g/mol. The number of carboxylic acid groups (broad SMARTS) is 1. The highest BCUT2D eigenvalue weighted by Crippen LogP contribution is 2.06. The number of hydrogen-bond donors (Lipinski definition) is 2. The largest absolute Gasteiger partial charge is 0.480 e. The molecule has 0 saturated carbocycles. The van der Waals surface area contributed by atoms with E-state index in [0.29, 0.717) is 0 Å². The van der Waals surface area contributed by atoms with Crippen LogP contribution in [0.15, 0.2) is 48.7 Å². The zero-order valence-corrected chi connectivity index (χ0v) is 11.0. The Balaban J connectivity index is 2.10. The topological polar surface area (TPSA) is 79.3 Å². The zero-order chi connectivity index (χ0) is 15.2. The average molecular weight is 288 g/mol. The summed E-state index contributed by atoms with van der Waals surface area (Å²) in [6, 6.07) is 10.1. The van der Waals surface area contributed by atoms with E-state index in [-0.39, 0.29) is 12.0 Å². The normalized spacial score (nSPS) is 11.7. The first-order valence-electron chi connectivity index (χ1n) is 6.25. The molecule has 1 unspecified atom stereocenters. The van der Waals surface area contributed by atoms with Crippen LogP contribution in [-0.4, -0.2) is 28.0 Å². The van der Waals surface area contributed by atoms with Crippen LogP contribution in [0.2, 0.25) is 0 Å². The molecule has 1 heterocycles. The lowest BCUT2D eigenvalue weighted by molar-refractivity contribution is -0.139. The smallest absolute Gasteiger partial charge is 0.326 e. The van der Waals surface area contributed by atoms with Gasteiger partial charge >= 0.3 is 5.97 Å². The van der Waals surface area contributed by atoms with Gasteiger partial charge in [0.15, 0.2) is 0 Å². The molecule has 0 saturated heterocycles. The third-order valence-corrected chi connectivity index (χ3v) is 2.87. The Morgan fingerprint density at radius 2 is 1.95 bits per heavy atom. The van der Waals surface area contributed by atoms with E-state index in [0.717, 1.165) is 17.8 Å². The molecule has 0 fully saturated rings. The molecule has 0 radical (unpaired) electrons. The van der Waals surface area contributed by atoms with E-state index in [9.17, 15) is 19.1 Å². The zero-order valence-electron chi connectivity index (χ0n) is 11.0. The Hall–Kier alpha value is -2.76. The number of carboxylic acids is 1. The summed E-state index contributed by atoms with van der Waals surface area (Å²) < 4.78 is 13.0. The fraction of sp³-hybridized carbons (Fsp3) is 0.133. The number of halogens is 1. The van der Waals surface area contributed by atoms with Crippen molar-refractivity contribution in [1.29, 1.82) is 0 Å². The third kappa shape index (κ3) is 4.10. The van der Waals surface area contributed by atoms with Gasteiger partial charge in [-0.15, -0.1) is 0 Å². The maximum atomic E-state index is 13.0. The summed E-state index contributed by atoms with van der Waals surface area (Å²) in [7, 11) is 0. The number of aromatic nitrogens is 1. The lowest BCUT2D eigenvalue weighted by Gasteiger charge is -2.14. The maximum absolute atomic E-state index is 13.0. The van der Waals surface area contributed by atoms with Crippen LogP contribution in [0.3, 0.4) is 0 Å². The monoisotopic (exact) mass is 288 g/mol. The number of rotatable bonds is 5. The molecule has 1 amide bonds. The molecule has 2 rings (SSSR count). The Labute approximate surface area is 120 Å². The van der Waals surface area contributed by atoms with Gasteiger partial charge in [0.25, 0.3) is 5.91 Å². The van der Waals surface area contributed by atoms with E-state index in [2.05, 4.69) is 10.3 Å². The predicted octanol–water partition coefficient (Wildman–Crippen LogP) is 1.65. The van der Waals surface area contributed by atoms with Crippen molar-refractivity contribution >= 4 is 11.9 Å². The van der Waals surface area contributed by atoms with Crippen molar-refractivity contribution in [3.8, 4) is 0 Å². The Bertz CT molecular complexity index is 646. The molecule has 0 bridgehead atoms. The second-order valence-corrected chi connectivity index (χ2v) is 4.42. The number of carbonyl (C=O) groups is 2. The minimum atomic E-state index is -1.15. The molecule has 0 aliphatic rings. The minimum absolute atomic E-state index is 0.0295. The Morgan fingerprint density at radius 1 is 1.24 bits per heavy atom. The summed E-state index contributed by atoms with van der Waals surface area (Å²) in [5, 5.41) is 11.6. The van der Waals surface area contributed by atoms with Crippen LogP contribution in [-0.2, 0) is 11.2 Å². The number of pyridine rings is 1. The molecule has 2 aromatic rings. The lowest BCUT2D eigenvalue weighted by atomic mass is 10.1. The fourth-order valence-electron chi connectivity index (χ4n) is 1.84. The molecule has 2 N–H and O–H groups in total. The number of benzene rings is 1. The van der Waals surface area contributed by atoms with Crippen LogP contribution in [0.4, 0.5) is 4.39 Å². The van der Waals surface area contributed by atoms with Gasteiger partial charge in [0.1, 0.15) is 6.04 Å². The number of hydrogen-bond acceptors (Lipinski definition) is 3. The number of carbonyl (C=O) groups excluding carboxylic acids is 1. The van der Waals surface area contributed by atoms with Crippen molar-refractivity contribution in [3.63, 3.8) is 0 Å². The minimum Gasteiger partial charge on any atom is -0.480 e. The first-order valence-corrected chi connectivity index (χ1v) is 6.25. The molecule has 108 valence electrons. The van der Waals surface area contributed by atoms with Crippen molar-refractivity contribution < 1.29 is 19.1 Å². The summed E-state index contributed by atoms with van der Waals surface area (Å²) in [4.78, 5) is 26.5. The van der Waals surface area contributed by atoms with Gasteiger partial charge in [-0.1, -0.05) is 30.3 Å². The molecule has 21 heavy (non-hydrogen) atoms. The van der Waals surface area contributed by atoms with Crippen molar-refractivity contribution in [3.05, 3.63) is 65.7 Å². The number of amides is 1. The van der Waals surface area contributed by atoms with Gasteiger partial charge in [0, 0.05) is 24.2 Å². The summed E-state index contributed by atoms with van der Waals surface area (Å²) in [5.74, 6) is -2.60. The number of nitrogens with one attached hydrogen (secondary N) is 1. The van der Waals surface area contributed by atoms with E-state index < -0.39 is 23.9 Å². The molecular formula is C15H13FN2O3. The molecule has 1 aromatic carbocycles. The quantitative estimate of drug-likeness (QED) is 0.820. The predicted molar refractivity (Wildman–Crippen MR) is 73.2 cm³/mol. The molecule has 0 spiro atoms. The van der Waals surface area contributed by atoms with E-state index in [4.69, 9.17) is 0 Å². The van der Waals surface area contributed by atoms with Crippen LogP contribution in [0.5, 0.6) is 0 Å². The summed E-state index contributed by atoms with van der Waals surface area (Å²) in [5.41, 5.74) is 0.813. The van der Waals surface area contributed by atoms with Gasteiger partial charge in [-0.25, -0.2) is 9.78 Å². The van der Waals surface area contributed by atoms with E-state index >= 15 is 0 Å². The van der Waals surface area contributed by atoms with Crippen molar-refractivity contribution in [1.82, 2.24) is 10.3 Å². The van der Waals surface area contributed by atoms with Crippen LogP contribution in [0, 0.1) is 5.95 Å². The molecule has 1 atom stereocenters. The molecule has 6 heteroatoms. The summed E-state index contributed by atoms with van der Waals surface area (Å²) >= 11 is 0. The van der Waals surface area contributed by atoms with Gasteiger partial charge in [0.2, 0.25) is 5.95 Å². The molecule has 0 aliphatic carbocycles. The van der Waals surface area contributed by atoms with Gasteiger partial charge in [-0.05, 0) is 11.6 Å². The first-order chi connectivity index (χ1) is 10.1. The standard InChI is InChI=1S/C15H13FN2O3/c16-13-9-11(6-7-17-13)14(19)18-12(15(20)21)8-10-4-2-1-3-5-10/h1-7,9,12H,8H2,(H,18,19)(H,20,21). The van der Waals surface area contributed by atoms with Crippen LogP contribution in [0.25, 0.3) is 0 Å². The third-order valence-electron chi connectivity index (χ3n) is 2.87. The first kappa shape index (κ1) is 14.6. The van der Waals surface area contributed by atoms with Gasteiger partial charge in [-0.3, -0.25) is 4.79 Å². The highest BCUT2D eigenvalue weighted by molar-refractivity contribution is 5.96. The fourth-order valence-corrected chi connectivity index (χ4v) is 1.84. The van der Waals surface area contributed by atoms with Gasteiger partial charge in [-0.2, -0.15) is 4.39 Å². The van der Waals surface area contributed by atoms with Crippen molar-refractivity contribution in [2.24, 2.45) is 0 Å². The molecule has 0 aliphatic heterocycles. The van der Waals surface area contributed by atoms with E-state index in [1.54, 1.807) is 24.3 Å². The molecule has 1 aromatic heterocycles. The number of aliphatic carboxylic acids is 1. The van der Waals surface area contributed by atoms with Gasteiger partial charge in [0.05, 0.1) is 0 Å². The Kier molecular flexibility index (Phi) is 4.61. The maximum Gasteiger partial charge on any atom is 0.326 e.